The SMILES string of the molecule is CCNC(Cc1ncnn1CC(C)C)C1CCOC1C. The van der Waals surface area contributed by atoms with Crippen LogP contribution in [-0.4, -0.2) is 40.1 Å². The standard InChI is InChI=1S/C15H28N4O/c1-5-16-14(13-6-7-20-12(13)4)8-15-17-10-18-19(15)9-11(2)3/h10-14,16H,5-9H2,1-4H3. The van der Waals surface area contributed by atoms with Gasteiger partial charge in [-0.1, -0.05) is 20.8 Å². The summed E-state index contributed by atoms with van der Waals surface area (Å²) >= 11 is 0. The molecule has 1 aliphatic heterocycles. The molecule has 0 radical (unpaired) electrons. The van der Waals surface area contributed by atoms with E-state index in [4.69, 9.17) is 4.74 Å². The van der Waals surface area contributed by atoms with Crippen LogP contribution in [0.15, 0.2) is 6.33 Å². The molecule has 0 aliphatic carbocycles. The van der Waals surface area contributed by atoms with Crippen molar-refractivity contribution in [2.75, 3.05) is 13.2 Å². The molecule has 2 rings (SSSR count). The number of aromatic nitrogens is 3. The van der Waals surface area contributed by atoms with E-state index >= 15 is 0 Å². The summed E-state index contributed by atoms with van der Waals surface area (Å²) in [6.07, 6.45) is 4.08. The average Bonchev–Trinajstić information content (AvgIpc) is 2.98. The minimum absolute atomic E-state index is 0.334. The van der Waals surface area contributed by atoms with Crippen molar-refractivity contribution in [1.29, 1.82) is 0 Å². The van der Waals surface area contributed by atoms with E-state index in [9.17, 15) is 0 Å². The summed E-state index contributed by atoms with van der Waals surface area (Å²) in [5.41, 5.74) is 0. The van der Waals surface area contributed by atoms with E-state index in [1.54, 1.807) is 6.33 Å². The minimum Gasteiger partial charge on any atom is -0.378 e. The van der Waals surface area contributed by atoms with E-state index in [1.165, 1.54) is 0 Å². The topological polar surface area (TPSA) is 52.0 Å². The Morgan fingerprint density at radius 3 is 2.90 bits per heavy atom. The number of rotatable bonds is 7. The third-order valence-corrected chi connectivity index (χ3v) is 4.05. The molecular formula is C15H28N4O. The Morgan fingerprint density at radius 1 is 1.50 bits per heavy atom. The lowest BCUT2D eigenvalue weighted by Crippen LogP contribution is -2.41. The largest absolute Gasteiger partial charge is 0.378 e. The Morgan fingerprint density at radius 2 is 2.30 bits per heavy atom. The Balaban J connectivity index is 2.06. The highest BCUT2D eigenvalue weighted by molar-refractivity contribution is 4.95. The van der Waals surface area contributed by atoms with Gasteiger partial charge in [-0.25, -0.2) is 9.67 Å². The first kappa shape index (κ1) is 15.4. The van der Waals surface area contributed by atoms with Crippen molar-refractivity contribution >= 4 is 0 Å². The number of hydrogen-bond acceptors (Lipinski definition) is 4. The lowest BCUT2D eigenvalue weighted by Gasteiger charge is -2.26. The van der Waals surface area contributed by atoms with Crippen LogP contribution in [0.5, 0.6) is 0 Å². The van der Waals surface area contributed by atoms with Crippen LogP contribution in [0.3, 0.4) is 0 Å². The fraction of sp³-hybridized carbons (Fsp3) is 0.867. The quantitative estimate of drug-likeness (QED) is 0.828. The second-order valence-electron chi connectivity index (χ2n) is 6.15. The van der Waals surface area contributed by atoms with E-state index in [-0.39, 0.29) is 0 Å². The molecule has 114 valence electrons. The zero-order chi connectivity index (χ0) is 14.5. The van der Waals surface area contributed by atoms with Gasteiger partial charge in [-0.2, -0.15) is 5.10 Å². The molecule has 0 spiro atoms. The predicted octanol–water partition coefficient (Wildman–Crippen LogP) is 1.88. The second kappa shape index (κ2) is 7.18. The molecule has 0 amide bonds. The molecule has 0 saturated carbocycles. The van der Waals surface area contributed by atoms with Gasteiger partial charge in [0.25, 0.3) is 0 Å². The molecule has 20 heavy (non-hydrogen) atoms. The molecule has 3 unspecified atom stereocenters. The number of ether oxygens (including phenoxy) is 1. The molecule has 3 atom stereocenters. The zero-order valence-electron chi connectivity index (χ0n) is 13.2. The first-order valence-electron chi connectivity index (χ1n) is 7.83. The first-order valence-corrected chi connectivity index (χ1v) is 7.83. The van der Waals surface area contributed by atoms with Crippen LogP contribution in [0.4, 0.5) is 0 Å². The van der Waals surface area contributed by atoms with Crippen molar-refractivity contribution in [3.05, 3.63) is 12.2 Å². The number of nitrogens with zero attached hydrogens (tertiary/aromatic N) is 3. The lowest BCUT2D eigenvalue weighted by molar-refractivity contribution is 0.0952. The Labute approximate surface area is 122 Å². The fourth-order valence-electron chi connectivity index (χ4n) is 3.06. The Hall–Kier alpha value is -0.940. The van der Waals surface area contributed by atoms with E-state index in [1.807, 2.05) is 0 Å². The summed E-state index contributed by atoms with van der Waals surface area (Å²) in [5, 5.41) is 7.97. The summed E-state index contributed by atoms with van der Waals surface area (Å²) < 4.78 is 7.77. The van der Waals surface area contributed by atoms with Crippen LogP contribution >= 0.6 is 0 Å². The molecule has 1 aromatic heterocycles. The van der Waals surface area contributed by atoms with Gasteiger partial charge in [0.1, 0.15) is 12.2 Å². The molecule has 2 heterocycles. The van der Waals surface area contributed by atoms with Crippen molar-refractivity contribution in [2.24, 2.45) is 11.8 Å². The predicted molar refractivity (Wildman–Crippen MR) is 79.5 cm³/mol. The third-order valence-electron chi connectivity index (χ3n) is 4.05. The highest BCUT2D eigenvalue weighted by atomic mass is 16.5. The van der Waals surface area contributed by atoms with Gasteiger partial charge in [0.15, 0.2) is 0 Å². The normalized spacial score (nSPS) is 24.4. The van der Waals surface area contributed by atoms with Crippen LogP contribution in [-0.2, 0) is 17.7 Å². The molecule has 0 aromatic carbocycles. The van der Waals surface area contributed by atoms with Gasteiger partial charge in [-0.15, -0.1) is 0 Å². The zero-order valence-corrected chi connectivity index (χ0v) is 13.2. The molecular weight excluding hydrogens is 252 g/mol. The third kappa shape index (κ3) is 3.79. The van der Waals surface area contributed by atoms with Gasteiger partial charge < -0.3 is 10.1 Å². The molecule has 1 saturated heterocycles. The van der Waals surface area contributed by atoms with E-state index < -0.39 is 0 Å². The maximum Gasteiger partial charge on any atom is 0.138 e. The smallest absolute Gasteiger partial charge is 0.138 e. The van der Waals surface area contributed by atoms with Crippen molar-refractivity contribution < 1.29 is 4.74 Å². The van der Waals surface area contributed by atoms with Gasteiger partial charge in [-0.3, -0.25) is 0 Å². The van der Waals surface area contributed by atoms with Gasteiger partial charge in [0, 0.05) is 31.5 Å². The van der Waals surface area contributed by atoms with Crippen LogP contribution in [0, 0.1) is 11.8 Å². The number of nitrogens with one attached hydrogen (secondary N) is 1. The summed E-state index contributed by atoms with van der Waals surface area (Å²) in [5.74, 6) is 2.24. The van der Waals surface area contributed by atoms with Crippen LogP contribution < -0.4 is 5.32 Å². The molecule has 1 fully saturated rings. The maximum absolute atomic E-state index is 5.72. The molecule has 1 aliphatic rings. The van der Waals surface area contributed by atoms with Crippen molar-refractivity contribution in [2.45, 2.75) is 59.2 Å². The molecule has 5 nitrogen and oxygen atoms in total. The molecule has 5 heteroatoms. The first-order chi connectivity index (χ1) is 9.61. The number of likely N-dealkylation sites (N-methyl/N-ethyl adjacent to an activating group) is 1. The Bertz CT molecular complexity index is 404. The number of hydrogen-bond donors (Lipinski definition) is 1. The van der Waals surface area contributed by atoms with E-state index in [0.29, 0.717) is 24.0 Å². The summed E-state index contributed by atoms with van der Waals surface area (Å²) in [6.45, 7) is 11.6. The molecule has 1 aromatic rings. The van der Waals surface area contributed by atoms with Crippen LogP contribution in [0.2, 0.25) is 0 Å². The van der Waals surface area contributed by atoms with Gasteiger partial charge in [0.05, 0.1) is 6.10 Å². The molecule has 0 bridgehead atoms. The van der Waals surface area contributed by atoms with Gasteiger partial charge in [-0.05, 0) is 25.8 Å². The van der Waals surface area contributed by atoms with Crippen molar-refractivity contribution in [1.82, 2.24) is 20.1 Å². The van der Waals surface area contributed by atoms with Crippen molar-refractivity contribution in [3.63, 3.8) is 0 Å². The van der Waals surface area contributed by atoms with E-state index in [2.05, 4.69) is 47.8 Å². The summed E-state index contributed by atoms with van der Waals surface area (Å²) in [4.78, 5) is 4.46. The average molecular weight is 280 g/mol. The highest BCUT2D eigenvalue weighted by Gasteiger charge is 2.32. The maximum atomic E-state index is 5.72. The summed E-state index contributed by atoms with van der Waals surface area (Å²) in [7, 11) is 0. The molecule has 1 N–H and O–H groups in total. The summed E-state index contributed by atoms with van der Waals surface area (Å²) in [6, 6.07) is 0.424. The Kier molecular flexibility index (Phi) is 5.54. The van der Waals surface area contributed by atoms with Crippen molar-refractivity contribution in [3.8, 4) is 0 Å². The second-order valence-corrected chi connectivity index (χ2v) is 6.15. The van der Waals surface area contributed by atoms with E-state index in [0.717, 1.165) is 38.4 Å². The van der Waals surface area contributed by atoms with Gasteiger partial charge in [0.2, 0.25) is 0 Å². The lowest BCUT2D eigenvalue weighted by atomic mass is 9.91. The fourth-order valence-corrected chi connectivity index (χ4v) is 3.06. The van der Waals surface area contributed by atoms with Crippen LogP contribution in [0.25, 0.3) is 0 Å². The minimum atomic E-state index is 0.334. The highest BCUT2D eigenvalue weighted by Crippen LogP contribution is 2.25. The monoisotopic (exact) mass is 280 g/mol. The van der Waals surface area contributed by atoms with Crippen LogP contribution in [0.1, 0.15) is 39.9 Å². The van der Waals surface area contributed by atoms with Gasteiger partial charge >= 0.3 is 0 Å².